The number of carboxylic acids is 1. The molecule has 1 amide bonds. The lowest BCUT2D eigenvalue weighted by Gasteiger charge is -2.24. The molecule has 10 heteroatoms. The number of carbonyl (C=O) groups is 2. The molecular formula is C28H27N4O5S-. The third-order valence-corrected chi connectivity index (χ3v) is 6.79. The highest BCUT2D eigenvalue weighted by Crippen LogP contribution is 2.29. The summed E-state index contributed by atoms with van der Waals surface area (Å²) in [5, 5.41) is 35.4. The SMILES string of the molecule is O=C(O)CCNC(=O)c1ccc(CN(CCc2ccccc2)c2nc(-c3cccc([NH+]([O-])[O-])c3)cs2)cc1. The first-order valence-corrected chi connectivity index (χ1v) is 12.9. The summed E-state index contributed by atoms with van der Waals surface area (Å²) in [4.78, 5) is 29.9. The number of anilines is 1. The van der Waals surface area contributed by atoms with Crippen LogP contribution in [0.15, 0.2) is 84.2 Å². The Morgan fingerprint density at radius 3 is 2.45 bits per heavy atom. The summed E-state index contributed by atoms with van der Waals surface area (Å²) in [6.07, 6.45) is 0.674. The van der Waals surface area contributed by atoms with E-state index in [1.165, 1.54) is 23.0 Å². The Hall–Kier alpha value is -4.09. The maximum atomic E-state index is 12.3. The summed E-state index contributed by atoms with van der Waals surface area (Å²) in [7, 11) is 0. The van der Waals surface area contributed by atoms with E-state index < -0.39 is 11.2 Å². The zero-order valence-corrected chi connectivity index (χ0v) is 21.3. The van der Waals surface area contributed by atoms with Gasteiger partial charge in [0.05, 0.1) is 12.1 Å². The van der Waals surface area contributed by atoms with Gasteiger partial charge in [0.2, 0.25) is 0 Å². The van der Waals surface area contributed by atoms with E-state index >= 15 is 0 Å². The quantitative estimate of drug-likeness (QED) is 0.237. The van der Waals surface area contributed by atoms with Crippen LogP contribution in [0.2, 0.25) is 0 Å². The molecule has 3 N–H and O–H groups in total. The summed E-state index contributed by atoms with van der Waals surface area (Å²) in [6, 6.07) is 23.9. The highest BCUT2D eigenvalue weighted by atomic mass is 32.1. The largest absolute Gasteiger partial charge is 0.628 e. The number of aliphatic carboxylic acids is 1. The summed E-state index contributed by atoms with van der Waals surface area (Å²) < 4.78 is 0. The van der Waals surface area contributed by atoms with Crippen LogP contribution in [0.4, 0.5) is 10.8 Å². The summed E-state index contributed by atoms with van der Waals surface area (Å²) in [6.45, 7) is 1.33. The van der Waals surface area contributed by atoms with Gasteiger partial charge in [-0.1, -0.05) is 54.6 Å². The molecule has 0 saturated carbocycles. The molecule has 38 heavy (non-hydrogen) atoms. The van der Waals surface area contributed by atoms with E-state index in [1.54, 1.807) is 24.3 Å². The van der Waals surface area contributed by atoms with E-state index in [1.807, 2.05) is 41.8 Å². The molecular weight excluding hydrogens is 504 g/mol. The van der Waals surface area contributed by atoms with Crippen LogP contribution in [-0.4, -0.2) is 35.1 Å². The van der Waals surface area contributed by atoms with Gasteiger partial charge in [0.15, 0.2) is 5.13 Å². The molecule has 0 unspecified atom stereocenters. The zero-order valence-electron chi connectivity index (χ0n) is 20.5. The number of nitrogens with one attached hydrogen (secondary N) is 2. The van der Waals surface area contributed by atoms with Gasteiger partial charge in [-0.05, 0) is 35.7 Å². The molecule has 0 saturated heterocycles. The summed E-state index contributed by atoms with van der Waals surface area (Å²) in [5.74, 6) is -1.28. The van der Waals surface area contributed by atoms with Crippen molar-refractivity contribution >= 4 is 34.0 Å². The Balaban J connectivity index is 1.51. The fourth-order valence-corrected chi connectivity index (χ4v) is 4.73. The lowest BCUT2D eigenvalue weighted by atomic mass is 10.1. The van der Waals surface area contributed by atoms with Crippen molar-refractivity contribution in [1.29, 1.82) is 0 Å². The fraction of sp³-hybridized carbons (Fsp3) is 0.179. The maximum Gasteiger partial charge on any atom is 0.305 e. The minimum atomic E-state index is -1.23. The predicted octanol–water partition coefficient (Wildman–Crippen LogP) is 3.78. The second kappa shape index (κ2) is 12.9. The highest BCUT2D eigenvalue weighted by Gasteiger charge is 2.15. The number of amides is 1. The van der Waals surface area contributed by atoms with E-state index in [0.717, 1.165) is 17.1 Å². The van der Waals surface area contributed by atoms with Gasteiger partial charge in [0.25, 0.3) is 5.91 Å². The van der Waals surface area contributed by atoms with Crippen LogP contribution in [0.1, 0.15) is 27.9 Å². The van der Waals surface area contributed by atoms with Crippen LogP contribution in [-0.2, 0) is 17.8 Å². The molecule has 0 aliphatic carbocycles. The van der Waals surface area contributed by atoms with Gasteiger partial charge in [0, 0.05) is 42.2 Å². The van der Waals surface area contributed by atoms with Crippen LogP contribution in [0.25, 0.3) is 11.3 Å². The van der Waals surface area contributed by atoms with Gasteiger partial charge in [-0.25, -0.2) is 4.98 Å². The Bertz CT molecular complexity index is 1360. The average molecular weight is 532 g/mol. The monoisotopic (exact) mass is 531 g/mol. The molecule has 196 valence electrons. The normalized spacial score (nSPS) is 10.9. The number of benzene rings is 3. The van der Waals surface area contributed by atoms with Crippen molar-refractivity contribution in [3.05, 3.63) is 111 Å². The lowest BCUT2D eigenvalue weighted by molar-refractivity contribution is -0.715. The molecule has 4 aromatic rings. The van der Waals surface area contributed by atoms with Crippen molar-refractivity contribution in [1.82, 2.24) is 10.3 Å². The van der Waals surface area contributed by atoms with Gasteiger partial charge in [-0.2, -0.15) is 0 Å². The number of carboxylic acid groups (broad SMARTS) is 1. The second-order valence-corrected chi connectivity index (χ2v) is 9.47. The molecule has 1 heterocycles. The Kier molecular flexibility index (Phi) is 9.17. The van der Waals surface area contributed by atoms with Crippen LogP contribution in [0.5, 0.6) is 0 Å². The predicted molar refractivity (Wildman–Crippen MR) is 147 cm³/mol. The Morgan fingerprint density at radius 2 is 1.74 bits per heavy atom. The molecule has 0 aliphatic heterocycles. The van der Waals surface area contributed by atoms with Gasteiger partial charge in [-0.15, -0.1) is 11.3 Å². The first-order valence-electron chi connectivity index (χ1n) is 12.0. The number of hydrogen-bond donors (Lipinski definition) is 3. The fourth-order valence-electron chi connectivity index (χ4n) is 3.87. The van der Waals surface area contributed by atoms with E-state index in [2.05, 4.69) is 22.3 Å². The molecule has 4 rings (SSSR count). The van der Waals surface area contributed by atoms with E-state index in [9.17, 15) is 20.0 Å². The Morgan fingerprint density at radius 1 is 0.974 bits per heavy atom. The molecule has 0 spiro atoms. The zero-order chi connectivity index (χ0) is 26.9. The van der Waals surface area contributed by atoms with Crippen LogP contribution >= 0.6 is 11.3 Å². The van der Waals surface area contributed by atoms with Crippen LogP contribution in [0.3, 0.4) is 0 Å². The number of carbonyl (C=O) groups excluding carboxylic acids is 1. The van der Waals surface area contributed by atoms with Crippen LogP contribution in [0, 0.1) is 10.4 Å². The number of aromatic nitrogens is 1. The number of thiazole rings is 1. The van der Waals surface area contributed by atoms with Gasteiger partial charge in [-0.3, -0.25) is 9.59 Å². The average Bonchev–Trinajstić information content (AvgIpc) is 3.42. The van der Waals surface area contributed by atoms with E-state index in [-0.39, 0.29) is 24.6 Å². The van der Waals surface area contributed by atoms with Gasteiger partial charge in [0.1, 0.15) is 5.69 Å². The van der Waals surface area contributed by atoms with Crippen molar-refractivity contribution in [2.24, 2.45) is 0 Å². The molecule has 0 atom stereocenters. The topological polar surface area (TPSA) is 133 Å². The van der Waals surface area contributed by atoms with Gasteiger partial charge >= 0.3 is 5.97 Å². The van der Waals surface area contributed by atoms with Crippen molar-refractivity contribution in [2.75, 3.05) is 18.0 Å². The number of hydrogen-bond acceptors (Lipinski definition) is 7. The van der Waals surface area contributed by atoms with Gasteiger partial charge < -0.3 is 31.0 Å². The third-order valence-electron chi connectivity index (χ3n) is 5.88. The number of nitrogens with zero attached hydrogens (tertiary/aromatic N) is 2. The van der Waals surface area contributed by atoms with Crippen LogP contribution < -0.4 is 15.4 Å². The molecule has 0 bridgehead atoms. The highest BCUT2D eigenvalue weighted by molar-refractivity contribution is 7.14. The Labute approximate surface area is 224 Å². The molecule has 9 nitrogen and oxygen atoms in total. The molecule has 0 aliphatic rings. The van der Waals surface area contributed by atoms with Crippen molar-refractivity contribution in [2.45, 2.75) is 19.4 Å². The molecule has 0 fully saturated rings. The number of quaternary nitrogens is 1. The summed E-state index contributed by atoms with van der Waals surface area (Å²) in [5.41, 5.74) is 4.13. The van der Waals surface area contributed by atoms with Crippen molar-refractivity contribution in [3.8, 4) is 11.3 Å². The minimum absolute atomic E-state index is 0.0709. The smallest absolute Gasteiger partial charge is 0.305 e. The maximum absolute atomic E-state index is 12.3. The second-order valence-electron chi connectivity index (χ2n) is 8.64. The van der Waals surface area contributed by atoms with Crippen molar-refractivity contribution < 1.29 is 19.9 Å². The number of rotatable bonds is 12. The van der Waals surface area contributed by atoms with E-state index in [0.29, 0.717) is 29.9 Å². The van der Waals surface area contributed by atoms with Crippen molar-refractivity contribution in [3.63, 3.8) is 0 Å². The first kappa shape index (κ1) is 27.0. The first-order chi connectivity index (χ1) is 18.4. The molecule has 1 aromatic heterocycles. The standard InChI is InChI=1S/C28H27N4O5S/c33-26(34)13-15-29-27(35)22-11-9-21(10-12-22)18-31(16-14-20-5-2-1-3-6-20)28-30-25(19-38-28)23-7-4-8-24(17-23)32(36)37/h1-12,17,19,32H,13-16,18H2,(H,29,35)(H,33,34)/q-1. The summed E-state index contributed by atoms with van der Waals surface area (Å²) >= 11 is 1.48. The van der Waals surface area contributed by atoms with E-state index in [4.69, 9.17) is 10.1 Å². The molecule has 3 aromatic carbocycles. The minimum Gasteiger partial charge on any atom is -0.628 e. The molecule has 0 radical (unpaired) electrons. The lowest BCUT2D eigenvalue weighted by Crippen LogP contribution is -2.96. The third kappa shape index (κ3) is 7.46.